The first kappa shape index (κ1) is 16.1. The highest BCUT2D eigenvalue weighted by molar-refractivity contribution is 7.92. The quantitative estimate of drug-likeness (QED) is 0.853. The second kappa shape index (κ2) is 6.47. The molecule has 0 aromatic heterocycles. The van der Waals surface area contributed by atoms with Gasteiger partial charge in [0, 0.05) is 18.4 Å². The Bertz CT molecular complexity index is 628. The van der Waals surface area contributed by atoms with Crippen molar-refractivity contribution in [2.75, 3.05) is 22.1 Å². The molecule has 1 aromatic carbocycles. The molecule has 0 aliphatic heterocycles. The lowest BCUT2D eigenvalue weighted by Crippen LogP contribution is -2.24. The summed E-state index contributed by atoms with van der Waals surface area (Å²) in [7, 11) is -3.43. The van der Waals surface area contributed by atoms with Crippen molar-refractivity contribution in [3.8, 4) is 0 Å². The van der Waals surface area contributed by atoms with Crippen LogP contribution in [-0.2, 0) is 19.4 Å². The Morgan fingerprint density at radius 1 is 1.25 bits per heavy atom. The van der Waals surface area contributed by atoms with Crippen molar-refractivity contribution in [1.29, 1.82) is 0 Å². The van der Waals surface area contributed by atoms with Gasteiger partial charge >= 0.3 is 0 Å². The van der Waals surface area contributed by atoms with E-state index in [1.165, 1.54) is 26.0 Å². The van der Waals surface area contributed by atoms with Crippen LogP contribution in [0.25, 0.3) is 0 Å². The molecule has 0 unspecified atom stereocenters. The van der Waals surface area contributed by atoms with Gasteiger partial charge in [0.2, 0.25) is 11.8 Å². The lowest BCUT2D eigenvalue weighted by atomic mass is 10.2. The van der Waals surface area contributed by atoms with Gasteiger partial charge < -0.3 is 10.6 Å². The van der Waals surface area contributed by atoms with E-state index in [0.717, 1.165) is 6.07 Å². The molecule has 0 spiro atoms. The first-order valence-electron chi connectivity index (χ1n) is 5.81. The first-order valence-corrected chi connectivity index (χ1v) is 7.63. The normalized spacial score (nSPS) is 10.9. The Balaban J connectivity index is 2.83. The Morgan fingerprint density at radius 3 is 2.45 bits per heavy atom. The highest BCUT2D eigenvalue weighted by atomic mass is 32.2. The summed E-state index contributed by atoms with van der Waals surface area (Å²) in [5, 5.41) is 4.60. The van der Waals surface area contributed by atoms with Gasteiger partial charge in [-0.15, -0.1) is 0 Å². The second-order valence-corrected chi connectivity index (χ2v) is 6.45. The lowest BCUT2D eigenvalue weighted by Gasteiger charge is -2.09. The van der Waals surface area contributed by atoms with E-state index in [-0.39, 0.29) is 17.1 Å². The molecule has 0 heterocycles. The number of hydrogen-bond donors (Lipinski definition) is 2. The number of nitrogens with one attached hydrogen (secondary N) is 2. The van der Waals surface area contributed by atoms with Gasteiger partial charge in [-0.25, -0.2) is 12.8 Å². The van der Waals surface area contributed by atoms with Gasteiger partial charge in [0.1, 0.15) is 11.6 Å². The Labute approximate surface area is 116 Å². The molecule has 2 amide bonds. The number of rotatable bonds is 5. The van der Waals surface area contributed by atoms with Crippen LogP contribution >= 0.6 is 0 Å². The third-order valence-corrected chi connectivity index (χ3v) is 3.93. The van der Waals surface area contributed by atoms with E-state index >= 15 is 0 Å². The molecule has 20 heavy (non-hydrogen) atoms. The zero-order chi connectivity index (χ0) is 15.3. The maximum atomic E-state index is 13.4. The summed E-state index contributed by atoms with van der Waals surface area (Å²) in [5.74, 6) is -2.61. The van der Waals surface area contributed by atoms with E-state index in [1.807, 2.05) is 0 Å². The number of amides is 2. The average molecular weight is 302 g/mol. The topological polar surface area (TPSA) is 92.3 Å². The molecule has 6 nitrogen and oxygen atoms in total. The molecular weight excluding hydrogens is 287 g/mol. The number of carbonyl (C=O) groups excluding carboxylic acids is 2. The average Bonchev–Trinajstić information content (AvgIpc) is 2.32. The first-order chi connectivity index (χ1) is 9.23. The highest BCUT2D eigenvalue weighted by Gasteiger charge is 2.15. The molecular formula is C12H15FN2O4S. The third kappa shape index (κ3) is 4.96. The van der Waals surface area contributed by atoms with Gasteiger partial charge in [0.15, 0.2) is 9.84 Å². The molecule has 8 heteroatoms. The van der Waals surface area contributed by atoms with Crippen LogP contribution in [-0.4, -0.2) is 31.7 Å². The highest BCUT2D eigenvalue weighted by Crippen LogP contribution is 2.19. The minimum absolute atomic E-state index is 0.0892. The van der Waals surface area contributed by atoms with Gasteiger partial charge in [-0.05, 0) is 18.2 Å². The minimum atomic E-state index is -3.43. The largest absolute Gasteiger partial charge is 0.325 e. The van der Waals surface area contributed by atoms with Crippen LogP contribution in [0.4, 0.5) is 15.8 Å². The zero-order valence-electron chi connectivity index (χ0n) is 11.1. The molecule has 0 saturated heterocycles. The maximum Gasteiger partial charge on any atom is 0.239 e. The SMILES string of the molecule is CCS(=O)(=O)CC(=O)Nc1ccc(F)c(NC(C)=O)c1. The monoisotopic (exact) mass is 302 g/mol. The van der Waals surface area contributed by atoms with Crippen molar-refractivity contribution < 1.29 is 22.4 Å². The molecule has 1 rings (SSSR count). The van der Waals surface area contributed by atoms with Crippen LogP contribution < -0.4 is 10.6 Å². The molecule has 2 N–H and O–H groups in total. The number of hydrogen-bond acceptors (Lipinski definition) is 4. The number of sulfone groups is 1. The molecule has 1 aromatic rings. The van der Waals surface area contributed by atoms with Gasteiger partial charge in [-0.2, -0.15) is 0 Å². The van der Waals surface area contributed by atoms with E-state index in [2.05, 4.69) is 10.6 Å². The summed E-state index contributed by atoms with van der Waals surface area (Å²) >= 11 is 0. The van der Waals surface area contributed by atoms with E-state index in [4.69, 9.17) is 0 Å². The standard InChI is InChI=1S/C12H15FN2O4S/c1-3-20(18,19)7-12(17)15-9-4-5-10(13)11(6-9)14-8(2)16/h4-6H,3,7H2,1-2H3,(H,14,16)(H,15,17). The number of carbonyl (C=O) groups is 2. The summed E-state index contributed by atoms with van der Waals surface area (Å²) in [5.41, 5.74) is 0.111. The van der Waals surface area contributed by atoms with Gasteiger partial charge in [0.05, 0.1) is 5.69 Å². The van der Waals surface area contributed by atoms with E-state index < -0.39 is 33.2 Å². The van der Waals surface area contributed by atoms with E-state index in [0.29, 0.717) is 0 Å². The lowest BCUT2D eigenvalue weighted by molar-refractivity contribution is -0.114. The summed E-state index contributed by atoms with van der Waals surface area (Å²) in [6.07, 6.45) is 0. The molecule has 0 fully saturated rings. The number of anilines is 2. The predicted molar refractivity (Wildman–Crippen MR) is 73.7 cm³/mol. The summed E-state index contributed by atoms with van der Waals surface area (Å²) < 4.78 is 35.9. The fourth-order valence-corrected chi connectivity index (χ4v) is 2.06. The Kier molecular flexibility index (Phi) is 5.20. The van der Waals surface area contributed by atoms with Crippen LogP contribution in [0.3, 0.4) is 0 Å². The van der Waals surface area contributed by atoms with Crippen molar-refractivity contribution in [1.82, 2.24) is 0 Å². The van der Waals surface area contributed by atoms with E-state index in [9.17, 15) is 22.4 Å². The van der Waals surface area contributed by atoms with Gasteiger partial charge in [0.25, 0.3) is 0 Å². The maximum absolute atomic E-state index is 13.4. The van der Waals surface area contributed by atoms with Gasteiger partial charge in [-0.3, -0.25) is 9.59 Å². The fraction of sp³-hybridized carbons (Fsp3) is 0.333. The summed E-state index contributed by atoms with van der Waals surface area (Å²) in [6, 6.07) is 3.56. The molecule has 110 valence electrons. The van der Waals surface area contributed by atoms with Crippen LogP contribution in [0.15, 0.2) is 18.2 Å². The Hall–Kier alpha value is -1.96. The number of halogens is 1. The predicted octanol–water partition coefficient (Wildman–Crippen LogP) is 1.16. The van der Waals surface area contributed by atoms with Crippen molar-refractivity contribution in [3.05, 3.63) is 24.0 Å². The summed E-state index contributed by atoms with van der Waals surface area (Å²) in [4.78, 5) is 22.4. The zero-order valence-corrected chi connectivity index (χ0v) is 11.9. The van der Waals surface area contributed by atoms with Crippen LogP contribution in [0.2, 0.25) is 0 Å². The summed E-state index contributed by atoms with van der Waals surface area (Å²) in [6.45, 7) is 2.66. The van der Waals surface area contributed by atoms with Crippen molar-refractivity contribution in [3.63, 3.8) is 0 Å². The third-order valence-electron chi connectivity index (χ3n) is 2.35. The molecule has 0 aliphatic rings. The molecule has 0 atom stereocenters. The molecule has 0 bridgehead atoms. The van der Waals surface area contributed by atoms with E-state index in [1.54, 1.807) is 0 Å². The van der Waals surface area contributed by atoms with Crippen molar-refractivity contribution >= 4 is 33.0 Å². The molecule has 0 saturated carbocycles. The van der Waals surface area contributed by atoms with Crippen LogP contribution in [0.1, 0.15) is 13.8 Å². The molecule has 0 aliphatic carbocycles. The van der Waals surface area contributed by atoms with Crippen LogP contribution in [0.5, 0.6) is 0 Å². The van der Waals surface area contributed by atoms with Crippen molar-refractivity contribution in [2.45, 2.75) is 13.8 Å². The molecule has 0 radical (unpaired) electrons. The Morgan fingerprint density at radius 2 is 1.90 bits per heavy atom. The minimum Gasteiger partial charge on any atom is -0.325 e. The van der Waals surface area contributed by atoms with Crippen LogP contribution in [0, 0.1) is 5.82 Å². The smallest absolute Gasteiger partial charge is 0.239 e. The second-order valence-electron chi connectivity index (χ2n) is 4.10. The number of benzene rings is 1. The van der Waals surface area contributed by atoms with Gasteiger partial charge in [-0.1, -0.05) is 6.92 Å². The van der Waals surface area contributed by atoms with Crippen molar-refractivity contribution in [2.24, 2.45) is 0 Å². The fourth-order valence-electron chi connectivity index (χ4n) is 1.39.